The molecular weight excluding hydrogens is 332 g/mol. The lowest BCUT2D eigenvalue weighted by atomic mass is 9.85. The van der Waals surface area contributed by atoms with Crippen LogP contribution in [0.3, 0.4) is 0 Å². The molecule has 2 unspecified atom stereocenters. The molecule has 0 radical (unpaired) electrons. The Hall–Kier alpha value is -1.51. The molecule has 0 aliphatic carbocycles. The third-order valence-electron chi connectivity index (χ3n) is 4.18. The summed E-state index contributed by atoms with van der Waals surface area (Å²) in [6, 6.07) is 3.26. The van der Waals surface area contributed by atoms with Crippen LogP contribution in [0.2, 0.25) is 5.02 Å². The number of nitrogens with zero attached hydrogens (tertiary/aromatic N) is 3. The Morgan fingerprint density at radius 3 is 2.50 bits per heavy atom. The van der Waals surface area contributed by atoms with Crippen molar-refractivity contribution in [1.82, 2.24) is 9.88 Å². The van der Waals surface area contributed by atoms with Gasteiger partial charge >= 0.3 is 13.2 Å². The van der Waals surface area contributed by atoms with Crippen molar-refractivity contribution in [3.8, 4) is 0 Å². The molecule has 4 rings (SSSR count). The number of rotatable bonds is 2. The van der Waals surface area contributed by atoms with Gasteiger partial charge in [-0.25, -0.2) is 9.78 Å². The minimum Gasteiger partial charge on any atom is -0.444 e. The van der Waals surface area contributed by atoms with Gasteiger partial charge in [0.05, 0.1) is 17.7 Å². The number of hydrogen-bond acceptors (Lipinski definition) is 6. The molecule has 3 saturated heterocycles. The van der Waals surface area contributed by atoms with Crippen molar-refractivity contribution in [2.24, 2.45) is 0 Å². The topological polar surface area (TPSA) is 86.1 Å². The Morgan fingerprint density at radius 1 is 1.33 bits per heavy atom. The van der Waals surface area contributed by atoms with Crippen molar-refractivity contribution in [3.63, 3.8) is 0 Å². The Kier molecular flexibility index (Phi) is 4.40. The van der Waals surface area contributed by atoms with Crippen LogP contribution >= 0.6 is 11.6 Å². The Bertz CT molecular complexity index is 640. The van der Waals surface area contributed by atoms with Gasteiger partial charge in [-0.15, -0.1) is 0 Å². The number of aromatic nitrogens is 1. The van der Waals surface area contributed by atoms with E-state index >= 15 is 0 Å². The normalized spacial score (nSPS) is 22.9. The number of carbonyl (C=O) groups excluding carboxylic acids is 1. The van der Waals surface area contributed by atoms with Crippen molar-refractivity contribution in [2.75, 3.05) is 18.0 Å². The average molecular weight is 354 g/mol. The largest absolute Gasteiger partial charge is 0.508 e. The molecule has 3 aliphatic rings. The lowest BCUT2D eigenvalue weighted by molar-refractivity contribution is -0.0380. The zero-order valence-electron chi connectivity index (χ0n) is 13.9. The first-order valence-electron chi connectivity index (χ1n) is 7.94. The molecule has 7 nitrogen and oxygen atoms in total. The monoisotopic (exact) mass is 353 g/mol. The van der Waals surface area contributed by atoms with E-state index in [4.69, 9.17) is 16.3 Å². The van der Waals surface area contributed by atoms with Gasteiger partial charge in [-0.1, -0.05) is 11.6 Å². The van der Waals surface area contributed by atoms with Gasteiger partial charge in [0.2, 0.25) is 0 Å². The summed E-state index contributed by atoms with van der Waals surface area (Å²) in [5.74, 6) is 0.587. The lowest BCUT2D eigenvalue weighted by Crippen LogP contribution is -2.70. The molecule has 0 spiro atoms. The van der Waals surface area contributed by atoms with Crippen molar-refractivity contribution < 1.29 is 19.6 Å². The standard InChI is InChI=1S/C15H21BClN3O4/c1-15(2,3)24-14(21)20-10-6-11(20)8-19(7-10)13-5-9(17)4-12(18-13)16(22)23/h4-5,10-11,22-23H,6-8H2,1-3H3. The molecule has 24 heavy (non-hydrogen) atoms. The van der Waals surface area contributed by atoms with Gasteiger partial charge in [-0.2, -0.15) is 0 Å². The molecule has 0 aromatic carbocycles. The summed E-state index contributed by atoms with van der Waals surface area (Å²) in [7, 11) is -1.67. The molecule has 2 bridgehead atoms. The summed E-state index contributed by atoms with van der Waals surface area (Å²) in [6.45, 7) is 6.78. The van der Waals surface area contributed by atoms with Gasteiger partial charge < -0.3 is 19.7 Å². The Morgan fingerprint density at radius 2 is 1.96 bits per heavy atom. The number of piperidine rings is 1. The van der Waals surface area contributed by atoms with E-state index in [-0.39, 0.29) is 23.8 Å². The van der Waals surface area contributed by atoms with E-state index in [9.17, 15) is 14.8 Å². The maximum absolute atomic E-state index is 12.3. The fourth-order valence-electron chi connectivity index (χ4n) is 3.21. The van der Waals surface area contributed by atoms with Crippen LogP contribution in [0.1, 0.15) is 27.2 Å². The molecule has 2 atom stereocenters. The quantitative estimate of drug-likeness (QED) is 0.758. The fraction of sp³-hybridized carbons (Fsp3) is 0.600. The number of piperazine rings is 1. The van der Waals surface area contributed by atoms with Crippen molar-refractivity contribution in [2.45, 2.75) is 44.9 Å². The van der Waals surface area contributed by atoms with Gasteiger partial charge in [-0.05, 0) is 39.3 Å². The van der Waals surface area contributed by atoms with Crippen LogP contribution in [0, 0.1) is 0 Å². The molecule has 0 saturated carbocycles. The minimum atomic E-state index is -1.67. The van der Waals surface area contributed by atoms with E-state index in [1.54, 1.807) is 11.0 Å². The smallest absolute Gasteiger partial charge is 0.444 e. The summed E-state index contributed by atoms with van der Waals surface area (Å²) in [5.41, 5.74) is -0.401. The zero-order valence-corrected chi connectivity index (χ0v) is 14.7. The highest BCUT2D eigenvalue weighted by Gasteiger charge is 2.49. The predicted molar refractivity (Wildman–Crippen MR) is 91.6 cm³/mol. The number of halogens is 1. The Balaban J connectivity index is 1.71. The number of fused-ring (bicyclic) bond motifs is 2. The molecule has 3 aliphatic heterocycles. The van der Waals surface area contributed by atoms with E-state index in [2.05, 4.69) is 4.98 Å². The SMILES string of the molecule is CC(C)(C)OC(=O)N1C2CC1CN(c1cc(Cl)cc(B(O)O)n1)C2. The molecule has 3 fully saturated rings. The van der Waals surface area contributed by atoms with Crippen LogP contribution in [0.15, 0.2) is 12.1 Å². The highest BCUT2D eigenvalue weighted by molar-refractivity contribution is 6.58. The second-order valence-electron chi connectivity index (χ2n) is 7.28. The average Bonchev–Trinajstić information content (AvgIpc) is 2.44. The van der Waals surface area contributed by atoms with E-state index in [1.165, 1.54) is 6.07 Å². The molecular formula is C15H21BClN3O4. The van der Waals surface area contributed by atoms with Crippen molar-refractivity contribution in [1.29, 1.82) is 0 Å². The van der Waals surface area contributed by atoms with Crippen LogP contribution in [-0.2, 0) is 4.74 Å². The molecule has 1 aromatic rings. The summed E-state index contributed by atoms with van der Waals surface area (Å²) >= 11 is 6.04. The maximum atomic E-state index is 12.3. The van der Waals surface area contributed by atoms with Crippen molar-refractivity contribution in [3.05, 3.63) is 17.2 Å². The highest BCUT2D eigenvalue weighted by Crippen LogP contribution is 2.35. The maximum Gasteiger partial charge on any atom is 0.508 e. The van der Waals surface area contributed by atoms with E-state index < -0.39 is 12.7 Å². The molecule has 1 aromatic heterocycles. The molecule has 9 heteroatoms. The molecule has 2 N–H and O–H groups in total. The number of anilines is 1. The van der Waals surface area contributed by atoms with Crippen LogP contribution in [0.25, 0.3) is 0 Å². The number of ether oxygens (including phenoxy) is 1. The predicted octanol–water partition coefficient (Wildman–Crippen LogP) is 0.613. The first-order valence-corrected chi connectivity index (χ1v) is 8.32. The number of carbonyl (C=O) groups is 1. The summed E-state index contributed by atoms with van der Waals surface area (Å²) in [6.07, 6.45) is 0.653. The third kappa shape index (κ3) is 3.45. The zero-order chi connectivity index (χ0) is 17.6. The highest BCUT2D eigenvalue weighted by atomic mass is 35.5. The number of amides is 1. The number of pyridine rings is 1. The van der Waals surface area contributed by atoms with Gasteiger partial charge in [-0.3, -0.25) is 4.90 Å². The van der Waals surface area contributed by atoms with E-state index in [0.29, 0.717) is 23.9 Å². The van der Waals surface area contributed by atoms with Gasteiger partial charge in [0.15, 0.2) is 0 Å². The fourth-order valence-corrected chi connectivity index (χ4v) is 3.42. The molecule has 4 heterocycles. The second-order valence-corrected chi connectivity index (χ2v) is 7.71. The Labute approximate surface area is 146 Å². The van der Waals surface area contributed by atoms with E-state index in [1.807, 2.05) is 25.7 Å². The summed E-state index contributed by atoms with van der Waals surface area (Å²) in [4.78, 5) is 20.3. The van der Waals surface area contributed by atoms with E-state index in [0.717, 1.165) is 6.42 Å². The van der Waals surface area contributed by atoms with Crippen molar-refractivity contribution >= 4 is 36.2 Å². The minimum absolute atomic E-state index is 0.0712. The van der Waals surface area contributed by atoms with Gasteiger partial charge in [0.1, 0.15) is 11.4 Å². The number of hydrogen-bond donors (Lipinski definition) is 2. The van der Waals surface area contributed by atoms with Gasteiger partial charge in [0, 0.05) is 18.1 Å². The van der Waals surface area contributed by atoms with Crippen LogP contribution < -0.4 is 10.5 Å². The summed E-state index contributed by atoms with van der Waals surface area (Å²) < 4.78 is 5.45. The summed E-state index contributed by atoms with van der Waals surface area (Å²) in [5, 5.41) is 19.0. The lowest BCUT2D eigenvalue weighted by Gasteiger charge is -2.56. The first-order chi connectivity index (χ1) is 11.1. The van der Waals surface area contributed by atoms with Gasteiger partial charge in [0.25, 0.3) is 0 Å². The molecule has 130 valence electrons. The van der Waals surface area contributed by atoms with Crippen LogP contribution in [0.4, 0.5) is 10.6 Å². The van der Waals surface area contributed by atoms with Crippen LogP contribution in [0.5, 0.6) is 0 Å². The first kappa shape index (κ1) is 17.3. The third-order valence-corrected chi connectivity index (χ3v) is 4.40. The molecule has 1 amide bonds. The second kappa shape index (κ2) is 6.09. The van der Waals surface area contributed by atoms with Crippen LogP contribution in [-0.4, -0.2) is 63.9 Å².